The highest BCUT2D eigenvalue weighted by Gasteiger charge is 2.41. The predicted octanol–water partition coefficient (Wildman–Crippen LogP) is 0.355. The van der Waals surface area contributed by atoms with Gasteiger partial charge in [-0.05, 0) is 44.7 Å². The van der Waals surface area contributed by atoms with Crippen LogP contribution in [-0.4, -0.2) is 36.1 Å². The van der Waals surface area contributed by atoms with Gasteiger partial charge in [0.05, 0.1) is 0 Å². The molecule has 0 aromatic rings. The van der Waals surface area contributed by atoms with Gasteiger partial charge in [0.1, 0.15) is 6.04 Å². The molecule has 0 spiro atoms. The summed E-state index contributed by atoms with van der Waals surface area (Å²) in [6, 6.07) is -0.686. The molecule has 1 heterocycles. The number of nitrogens with one attached hydrogen (secondary N) is 2. The molecule has 5 heteroatoms. The van der Waals surface area contributed by atoms with Gasteiger partial charge < -0.3 is 15.7 Å². The molecule has 0 bridgehead atoms. The van der Waals surface area contributed by atoms with E-state index in [1.807, 2.05) is 6.92 Å². The Kier molecular flexibility index (Phi) is 3.38. The highest BCUT2D eigenvalue weighted by atomic mass is 16.4. The van der Waals surface area contributed by atoms with E-state index in [0.29, 0.717) is 0 Å². The van der Waals surface area contributed by atoms with Crippen molar-refractivity contribution in [2.45, 2.75) is 38.6 Å². The number of carboxylic acids is 1. The molecular formula is C12H20N2O3. The lowest BCUT2D eigenvalue weighted by Gasteiger charge is -2.33. The number of hydrogen-bond acceptors (Lipinski definition) is 3. The topological polar surface area (TPSA) is 78.4 Å². The molecule has 96 valence electrons. The fraction of sp³-hybridized carbons (Fsp3) is 0.833. The van der Waals surface area contributed by atoms with Gasteiger partial charge in [-0.2, -0.15) is 0 Å². The molecule has 3 N–H and O–H groups in total. The first-order chi connectivity index (χ1) is 8.03. The molecule has 2 aliphatic rings. The van der Waals surface area contributed by atoms with Crippen LogP contribution in [0.2, 0.25) is 0 Å². The quantitative estimate of drug-likeness (QED) is 0.663. The number of hydrogen-bond donors (Lipinski definition) is 3. The van der Waals surface area contributed by atoms with Gasteiger partial charge in [-0.1, -0.05) is 6.92 Å². The molecule has 5 nitrogen and oxygen atoms in total. The zero-order valence-corrected chi connectivity index (χ0v) is 10.2. The average molecular weight is 240 g/mol. The first kappa shape index (κ1) is 12.4. The lowest BCUT2D eigenvalue weighted by atomic mass is 9.80. The summed E-state index contributed by atoms with van der Waals surface area (Å²) in [6.07, 6.45) is 3.37. The van der Waals surface area contributed by atoms with Gasteiger partial charge in [0.25, 0.3) is 0 Å². The standard InChI is InChI=1S/C12H20N2O3/c1-12(4-6-13-7-5-12)11(17)14-9(10(15)16)8-2-3-8/h8-9,13H,2-7H2,1H3,(H,14,17)(H,15,16). The van der Waals surface area contributed by atoms with Crippen LogP contribution < -0.4 is 10.6 Å². The van der Waals surface area contributed by atoms with Gasteiger partial charge >= 0.3 is 5.97 Å². The van der Waals surface area contributed by atoms with Crippen LogP contribution >= 0.6 is 0 Å². The summed E-state index contributed by atoms with van der Waals surface area (Å²) in [5.41, 5.74) is -0.409. The van der Waals surface area contributed by atoms with Crippen molar-refractivity contribution in [2.75, 3.05) is 13.1 Å². The van der Waals surface area contributed by atoms with E-state index in [0.717, 1.165) is 38.8 Å². The molecular weight excluding hydrogens is 220 g/mol. The van der Waals surface area contributed by atoms with E-state index < -0.39 is 17.4 Å². The highest BCUT2D eigenvalue weighted by molar-refractivity contribution is 5.87. The molecule has 1 atom stereocenters. The Labute approximate surface area is 101 Å². The number of carboxylic acid groups (broad SMARTS) is 1. The van der Waals surface area contributed by atoms with Crippen molar-refractivity contribution in [3.63, 3.8) is 0 Å². The summed E-state index contributed by atoms with van der Waals surface area (Å²) in [5.74, 6) is -0.863. The lowest BCUT2D eigenvalue weighted by molar-refractivity contribution is -0.144. The Morgan fingerprint density at radius 3 is 2.41 bits per heavy atom. The Bertz CT molecular complexity index is 320. The van der Waals surface area contributed by atoms with E-state index in [1.165, 1.54) is 0 Å². The third kappa shape index (κ3) is 2.77. The number of aliphatic carboxylic acids is 1. The van der Waals surface area contributed by atoms with Crippen LogP contribution in [0.15, 0.2) is 0 Å². The van der Waals surface area contributed by atoms with E-state index >= 15 is 0 Å². The normalized spacial score (nSPS) is 25.0. The molecule has 1 saturated heterocycles. The first-order valence-corrected chi connectivity index (χ1v) is 6.27. The van der Waals surface area contributed by atoms with Crippen molar-refractivity contribution < 1.29 is 14.7 Å². The number of carbonyl (C=O) groups excluding carboxylic acids is 1. The number of piperidine rings is 1. The van der Waals surface area contributed by atoms with Crippen molar-refractivity contribution in [3.8, 4) is 0 Å². The zero-order chi connectivity index (χ0) is 12.5. The average Bonchev–Trinajstić information content (AvgIpc) is 3.10. The third-order valence-electron chi connectivity index (χ3n) is 3.90. The largest absolute Gasteiger partial charge is 0.480 e. The summed E-state index contributed by atoms with van der Waals surface area (Å²) < 4.78 is 0. The van der Waals surface area contributed by atoms with Gasteiger partial charge in [-0.25, -0.2) is 4.79 Å². The molecule has 2 fully saturated rings. The summed E-state index contributed by atoms with van der Waals surface area (Å²) >= 11 is 0. The number of carbonyl (C=O) groups is 2. The number of rotatable bonds is 4. The molecule has 17 heavy (non-hydrogen) atoms. The van der Waals surface area contributed by atoms with Crippen LogP contribution in [0, 0.1) is 11.3 Å². The zero-order valence-electron chi connectivity index (χ0n) is 10.2. The maximum absolute atomic E-state index is 12.2. The SMILES string of the molecule is CC1(C(=O)NC(C(=O)O)C2CC2)CCNCC1. The van der Waals surface area contributed by atoms with Gasteiger partial charge in [0, 0.05) is 5.41 Å². The van der Waals surface area contributed by atoms with Crippen molar-refractivity contribution in [1.82, 2.24) is 10.6 Å². The summed E-state index contributed by atoms with van der Waals surface area (Å²) in [5, 5.41) is 15.0. The third-order valence-corrected chi connectivity index (χ3v) is 3.90. The number of amides is 1. The monoisotopic (exact) mass is 240 g/mol. The Balaban J connectivity index is 1.96. The smallest absolute Gasteiger partial charge is 0.326 e. The molecule has 0 radical (unpaired) electrons. The van der Waals surface area contributed by atoms with Crippen LogP contribution in [0.4, 0.5) is 0 Å². The van der Waals surface area contributed by atoms with Crippen LogP contribution in [0.3, 0.4) is 0 Å². The molecule has 1 amide bonds. The lowest BCUT2D eigenvalue weighted by Crippen LogP contribution is -2.51. The van der Waals surface area contributed by atoms with E-state index in [-0.39, 0.29) is 11.8 Å². The van der Waals surface area contributed by atoms with E-state index in [2.05, 4.69) is 10.6 Å². The molecule has 1 aliphatic heterocycles. The van der Waals surface area contributed by atoms with Gasteiger partial charge in [-0.3, -0.25) is 4.79 Å². The minimum Gasteiger partial charge on any atom is -0.480 e. The molecule has 2 rings (SSSR count). The van der Waals surface area contributed by atoms with Crippen LogP contribution in [-0.2, 0) is 9.59 Å². The van der Waals surface area contributed by atoms with E-state index in [4.69, 9.17) is 5.11 Å². The Morgan fingerprint density at radius 2 is 1.94 bits per heavy atom. The second-order valence-electron chi connectivity index (χ2n) is 5.44. The van der Waals surface area contributed by atoms with Crippen LogP contribution in [0.5, 0.6) is 0 Å². The van der Waals surface area contributed by atoms with Gasteiger partial charge in [-0.15, -0.1) is 0 Å². The Hall–Kier alpha value is -1.10. The van der Waals surface area contributed by atoms with Crippen molar-refractivity contribution in [3.05, 3.63) is 0 Å². The highest BCUT2D eigenvalue weighted by Crippen LogP contribution is 2.34. The van der Waals surface area contributed by atoms with Gasteiger partial charge in [0.15, 0.2) is 0 Å². The maximum Gasteiger partial charge on any atom is 0.326 e. The fourth-order valence-electron chi connectivity index (χ4n) is 2.33. The predicted molar refractivity (Wildman–Crippen MR) is 62.5 cm³/mol. The van der Waals surface area contributed by atoms with Crippen LogP contribution in [0.25, 0.3) is 0 Å². The molecule has 0 aromatic heterocycles. The molecule has 0 aromatic carbocycles. The first-order valence-electron chi connectivity index (χ1n) is 6.27. The summed E-state index contributed by atoms with van der Waals surface area (Å²) in [6.45, 7) is 3.57. The van der Waals surface area contributed by atoms with Crippen LogP contribution in [0.1, 0.15) is 32.6 Å². The van der Waals surface area contributed by atoms with Crippen molar-refractivity contribution in [2.24, 2.45) is 11.3 Å². The molecule has 1 unspecified atom stereocenters. The minimum absolute atomic E-state index is 0.0988. The minimum atomic E-state index is -0.904. The Morgan fingerprint density at radius 1 is 1.35 bits per heavy atom. The molecule has 1 aliphatic carbocycles. The van der Waals surface area contributed by atoms with Crippen molar-refractivity contribution >= 4 is 11.9 Å². The van der Waals surface area contributed by atoms with Crippen molar-refractivity contribution in [1.29, 1.82) is 0 Å². The fourth-order valence-corrected chi connectivity index (χ4v) is 2.33. The van der Waals surface area contributed by atoms with E-state index in [1.54, 1.807) is 0 Å². The van der Waals surface area contributed by atoms with E-state index in [9.17, 15) is 9.59 Å². The second kappa shape index (κ2) is 4.64. The maximum atomic E-state index is 12.2. The summed E-state index contributed by atoms with van der Waals surface area (Å²) in [4.78, 5) is 23.2. The second-order valence-corrected chi connectivity index (χ2v) is 5.44. The summed E-state index contributed by atoms with van der Waals surface area (Å²) in [7, 11) is 0. The molecule has 1 saturated carbocycles. The van der Waals surface area contributed by atoms with Gasteiger partial charge in [0.2, 0.25) is 5.91 Å².